The molecule has 0 fully saturated rings. The number of rotatable bonds is 4. The molecule has 0 aliphatic rings. The molecule has 2 aromatic heterocycles. The summed E-state index contributed by atoms with van der Waals surface area (Å²) in [5.41, 5.74) is 1.59. The number of esters is 2. The van der Waals surface area contributed by atoms with Gasteiger partial charge < -0.3 is 4.74 Å². The highest BCUT2D eigenvalue weighted by molar-refractivity contribution is 5.99. The first-order valence-corrected chi connectivity index (χ1v) is 6.16. The van der Waals surface area contributed by atoms with Crippen molar-refractivity contribution in [2.24, 2.45) is 0 Å². The summed E-state index contributed by atoms with van der Waals surface area (Å²) in [7, 11) is 0. The molecule has 0 spiro atoms. The van der Waals surface area contributed by atoms with E-state index in [1.165, 1.54) is 12.2 Å². The molecule has 0 aliphatic heterocycles. The molecule has 5 nitrogen and oxygen atoms in total. The van der Waals surface area contributed by atoms with Gasteiger partial charge in [-0.05, 0) is 47.5 Å². The third kappa shape index (κ3) is 5.20. The van der Waals surface area contributed by atoms with Crippen molar-refractivity contribution in [1.82, 2.24) is 9.97 Å². The maximum atomic E-state index is 11.4. The Labute approximate surface area is 121 Å². The second-order valence-corrected chi connectivity index (χ2v) is 3.97. The van der Waals surface area contributed by atoms with Gasteiger partial charge in [-0.2, -0.15) is 0 Å². The molecule has 0 aromatic carbocycles. The highest BCUT2D eigenvalue weighted by Gasteiger charge is 2.03. The standard InChI is InChI=1S/C16H12N2O3/c19-15(3-1-13-5-9-17-10-6-13)21-16(20)4-2-14-7-11-18-12-8-14/h1-12H/b3-1+,4-2+. The Morgan fingerprint density at radius 3 is 1.52 bits per heavy atom. The van der Waals surface area contributed by atoms with Gasteiger partial charge in [-0.1, -0.05) is 0 Å². The van der Waals surface area contributed by atoms with Crippen LogP contribution in [0.1, 0.15) is 11.1 Å². The fraction of sp³-hybridized carbons (Fsp3) is 0. The van der Waals surface area contributed by atoms with E-state index in [1.807, 2.05) is 0 Å². The Morgan fingerprint density at radius 1 is 0.762 bits per heavy atom. The fourth-order valence-electron chi connectivity index (χ4n) is 1.44. The Bertz CT molecular complexity index is 605. The van der Waals surface area contributed by atoms with Crippen LogP contribution in [0.3, 0.4) is 0 Å². The van der Waals surface area contributed by atoms with Crippen LogP contribution < -0.4 is 0 Å². The minimum absolute atomic E-state index is 0.726. The molecule has 2 aromatic rings. The molecule has 5 heteroatoms. The molecule has 0 atom stereocenters. The normalized spacial score (nSPS) is 10.9. The first-order valence-electron chi connectivity index (χ1n) is 6.16. The largest absolute Gasteiger partial charge is 0.387 e. The Kier molecular flexibility index (Phi) is 5.11. The molecule has 0 N–H and O–H groups in total. The van der Waals surface area contributed by atoms with E-state index >= 15 is 0 Å². The van der Waals surface area contributed by atoms with Gasteiger partial charge in [-0.15, -0.1) is 0 Å². The average Bonchev–Trinajstić information content (AvgIpc) is 2.53. The quantitative estimate of drug-likeness (QED) is 0.488. The number of hydrogen-bond donors (Lipinski definition) is 0. The van der Waals surface area contributed by atoms with E-state index in [2.05, 4.69) is 14.7 Å². The SMILES string of the molecule is O=C(/C=C/c1ccncc1)OC(=O)/C=C/c1ccncc1. The highest BCUT2D eigenvalue weighted by atomic mass is 16.6. The molecule has 104 valence electrons. The lowest BCUT2D eigenvalue weighted by molar-refractivity contribution is -0.152. The number of hydrogen-bond acceptors (Lipinski definition) is 5. The Morgan fingerprint density at radius 2 is 1.14 bits per heavy atom. The van der Waals surface area contributed by atoms with Crippen LogP contribution in [0.5, 0.6) is 0 Å². The minimum atomic E-state index is -0.726. The van der Waals surface area contributed by atoms with Crippen molar-refractivity contribution in [3.05, 3.63) is 72.3 Å². The summed E-state index contributed by atoms with van der Waals surface area (Å²) in [5.74, 6) is -1.45. The van der Waals surface area contributed by atoms with E-state index in [0.29, 0.717) is 0 Å². The molecule has 2 heterocycles. The third-order valence-corrected chi connectivity index (χ3v) is 2.44. The minimum Gasteiger partial charge on any atom is -0.387 e. The Hall–Kier alpha value is -3.08. The lowest BCUT2D eigenvalue weighted by Crippen LogP contribution is -2.06. The molecule has 0 amide bonds. The number of nitrogens with zero attached hydrogens (tertiary/aromatic N) is 2. The summed E-state index contributed by atoms with van der Waals surface area (Å²) in [4.78, 5) is 30.6. The highest BCUT2D eigenvalue weighted by Crippen LogP contribution is 2.01. The molecule has 0 saturated heterocycles. The van der Waals surface area contributed by atoms with Crippen LogP contribution in [0.2, 0.25) is 0 Å². The summed E-state index contributed by atoms with van der Waals surface area (Å²) >= 11 is 0. The zero-order chi connectivity index (χ0) is 14.9. The van der Waals surface area contributed by atoms with Crippen molar-refractivity contribution >= 4 is 24.1 Å². The van der Waals surface area contributed by atoms with Gasteiger partial charge in [0.1, 0.15) is 0 Å². The van der Waals surface area contributed by atoms with Crippen molar-refractivity contribution in [2.45, 2.75) is 0 Å². The number of pyridine rings is 2. The summed E-state index contributed by atoms with van der Waals surface area (Å²) < 4.78 is 4.61. The summed E-state index contributed by atoms with van der Waals surface area (Å²) in [5, 5.41) is 0. The zero-order valence-corrected chi connectivity index (χ0v) is 11.0. The average molecular weight is 280 g/mol. The number of aromatic nitrogens is 2. The first kappa shape index (κ1) is 14.3. The van der Waals surface area contributed by atoms with Gasteiger partial charge >= 0.3 is 11.9 Å². The van der Waals surface area contributed by atoms with Gasteiger partial charge in [-0.3, -0.25) is 9.97 Å². The molecular formula is C16H12N2O3. The van der Waals surface area contributed by atoms with Gasteiger partial charge in [0.2, 0.25) is 0 Å². The lowest BCUT2D eigenvalue weighted by atomic mass is 10.2. The summed E-state index contributed by atoms with van der Waals surface area (Å²) in [6, 6.07) is 6.92. The Balaban J connectivity index is 1.87. The molecule has 21 heavy (non-hydrogen) atoms. The van der Waals surface area contributed by atoms with Gasteiger partial charge in [0, 0.05) is 36.9 Å². The van der Waals surface area contributed by atoms with Crippen LogP contribution in [0, 0.1) is 0 Å². The van der Waals surface area contributed by atoms with Crippen LogP contribution in [-0.2, 0) is 14.3 Å². The molecule has 2 rings (SSSR count). The molecule has 0 aliphatic carbocycles. The summed E-state index contributed by atoms with van der Waals surface area (Å²) in [6.45, 7) is 0. The van der Waals surface area contributed by atoms with Gasteiger partial charge in [-0.25, -0.2) is 9.59 Å². The fourth-order valence-corrected chi connectivity index (χ4v) is 1.44. The van der Waals surface area contributed by atoms with E-state index in [4.69, 9.17) is 0 Å². The zero-order valence-electron chi connectivity index (χ0n) is 11.0. The van der Waals surface area contributed by atoms with Crippen molar-refractivity contribution in [3.8, 4) is 0 Å². The van der Waals surface area contributed by atoms with Crippen LogP contribution in [0.15, 0.2) is 61.2 Å². The van der Waals surface area contributed by atoms with Gasteiger partial charge in [0.05, 0.1) is 0 Å². The smallest absolute Gasteiger partial charge is 0.338 e. The van der Waals surface area contributed by atoms with E-state index in [1.54, 1.807) is 61.2 Å². The second kappa shape index (κ2) is 7.49. The lowest BCUT2D eigenvalue weighted by Gasteiger charge is -1.95. The second-order valence-electron chi connectivity index (χ2n) is 3.97. The van der Waals surface area contributed by atoms with Crippen LogP contribution in [-0.4, -0.2) is 21.9 Å². The van der Waals surface area contributed by atoms with E-state index < -0.39 is 11.9 Å². The van der Waals surface area contributed by atoms with Crippen molar-refractivity contribution in [1.29, 1.82) is 0 Å². The third-order valence-electron chi connectivity index (χ3n) is 2.44. The number of ether oxygens (including phenoxy) is 1. The predicted molar refractivity (Wildman–Crippen MR) is 77.6 cm³/mol. The van der Waals surface area contributed by atoms with Crippen molar-refractivity contribution in [2.75, 3.05) is 0 Å². The van der Waals surface area contributed by atoms with E-state index in [0.717, 1.165) is 11.1 Å². The predicted octanol–water partition coefficient (Wildman–Crippen LogP) is 2.27. The first-order chi connectivity index (χ1) is 10.2. The number of carbonyl (C=O) groups is 2. The van der Waals surface area contributed by atoms with Crippen LogP contribution in [0.25, 0.3) is 12.2 Å². The maximum Gasteiger partial charge on any atom is 0.338 e. The topological polar surface area (TPSA) is 69.2 Å². The summed E-state index contributed by atoms with van der Waals surface area (Å²) in [6.07, 6.45) is 11.9. The number of carbonyl (C=O) groups excluding carboxylic acids is 2. The molecule has 0 saturated carbocycles. The van der Waals surface area contributed by atoms with Crippen molar-refractivity contribution < 1.29 is 14.3 Å². The molecule has 0 radical (unpaired) electrons. The molecule has 0 bridgehead atoms. The van der Waals surface area contributed by atoms with Crippen LogP contribution in [0.4, 0.5) is 0 Å². The maximum absolute atomic E-state index is 11.4. The molecular weight excluding hydrogens is 268 g/mol. The monoisotopic (exact) mass is 280 g/mol. The molecule has 0 unspecified atom stereocenters. The van der Waals surface area contributed by atoms with Crippen LogP contribution >= 0.6 is 0 Å². The van der Waals surface area contributed by atoms with Gasteiger partial charge in [0.25, 0.3) is 0 Å². The van der Waals surface area contributed by atoms with Gasteiger partial charge in [0.15, 0.2) is 0 Å². The van der Waals surface area contributed by atoms with Crippen molar-refractivity contribution in [3.63, 3.8) is 0 Å². The van der Waals surface area contributed by atoms with E-state index in [9.17, 15) is 9.59 Å². The van der Waals surface area contributed by atoms with E-state index in [-0.39, 0.29) is 0 Å².